The summed E-state index contributed by atoms with van der Waals surface area (Å²) >= 11 is 0. The molecule has 2 saturated heterocycles. The molecular weight excluding hydrogens is 352 g/mol. The summed E-state index contributed by atoms with van der Waals surface area (Å²) in [6, 6.07) is 6.18. The fourth-order valence-electron chi connectivity index (χ4n) is 5.49. The van der Waals surface area contributed by atoms with E-state index < -0.39 is 0 Å². The van der Waals surface area contributed by atoms with E-state index >= 15 is 0 Å². The first-order chi connectivity index (χ1) is 13.3. The van der Waals surface area contributed by atoms with Gasteiger partial charge in [-0.1, -0.05) is 26.8 Å². The van der Waals surface area contributed by atoms with Crippen molar-refractivity contribution in [1.82, 2.24) is 4.90 Å². The van der Waals surface area contributed by atoms with Gasteiger partial charge >= 0.3 is 0 Å². The van der Waals surface area contributed by atoms with Crippen LogP contribution in [-0.2, 0) is 9.59 Å². The number of fused-ring (bicyclic) bond motifs is 2. The third kappa shape index (κ3) is 3.02. The fraction of sp³-hybridized carbons (Fsp3) is 0.682. The lowest BCUT2D eigenvalue weighted by Gasteiger charge is -2.47. The Morgan fingerprint density at radius 3 is 2.61 bits per heavy atom. The molecule has 0 radical (unpaired) electrons. The number of carbonyl (C=O) groups excluding carboxylic acids is 2. The van der Waals surface area contributed by atoms with Gasteiger partial charge in [-0.2, -0.15) is 0 Å². The fourth-order valence-corrected chi connectivity index (χ4v) is 5.49. The molecule has 2 bridgehead atoms. The van der Waals surface area contributed by atoms with Crippen LogP contribution in [-0.4, -0.2) is 56.0 Å². The van der Waals surface area contributed by atoms with Crippen LogP contribution in [0.2, 0.25) is 0 Å². The average molecular weight is 387 g/mol. The molecule has 1 aromatic heterocycles. The smallest absolute Gasteiger partial charge is 0.274 e. The van der Waals surface area contributed by atoms with Crippen molar-refractivity contribution in [2.45, 2.75) is 40.0 Å². The second kappa shape index (κ2) is 7.14. The number of H-pyrrole nitrogens is 1. The Kier molecular flexibility index (Phi) is 4.94. The largest absolute Gasteiger partial charge is 0.328 e. The molecule has 2 aliphatic heterocycles. The van der Waals surface area contributed by atoms with Gasteiger partial charge in [-0.15, -0.1) is 0 Å². The normalized spacial score (nSPS) is 30.2. The van der Waals surface area contributed by atoms with E-state index in [4.69, 9.17) is 0 Å². The Hall–Kier alpha value is -1.95. The Balaban J connectivity index is 1.28. The predicted molar refractivity (Wildman–Crippen MR) is 107 cm³/mol. The average Bonchev–Trinajstić information content (AvgIpc) is 2.89. The highest BCUT2D eigenvalue weighted by atomic mass is 16.2. The summed E-state index contributed by atoms with van der Waals surface area (Å²) in [6.45, 7) is 12.1. The summed E-state index contributed by atoms with van der Waals surface area (Å²) < 4.78 is 0. The first kappa shape index (κ1) is 19.4. The molecular formula is C22H34N4O2+2. The van der Waals surface area contributed by atoms with E-state index in [0.29, 0.717) is 6.54 Å². The monoisotopic (exact) mass is 386 g/mol. The maximum Gasteiger partial charge on any atom is 0.274 e. The molecule has 6 heteroatoms. The number of quaternary nitrogens is 1. The minimum absolute atomic E-state index is 0.00761. The second-order valence-corrected chi connectivity index (χ2v) is 9.53. The minimum Gasteiger partial charge on any atom is -0.328 e. The maximum absolute atomic E-state index is 13.1. The van der Waals surface area contributed by atoms with E-state index in [9.17, 15) is 9.59 Å². The molecule has 3 fully saturated rings. The van der Waals surface area contributed by atoms with Gasteiger partial charge in [-0.25, -0.2) is 4.98 Å². The molecule has 1 aromatic rings. The molecule has 28 heavy (non-hydrogen) atoms. The van der Waals surface area contributed by atoms with Crippen LogP contribution >= 0.6 is 0 Å². The van der Waals surface area contributed by atoms with Crippen LogP contribution in [0.15, 0.2) is 24.4 Å². The molecule has 6 nitrogen and oxygen atoms in total. The lowest BCUT2D eigenvalue weighted by molar-refractivity contribution is -0.900. The molecule has 2 atom stereocenters. The quantitative estimate of drug-likeness (QED) is 0.746. The van der Waals surface area contributed by atoms with Gasteiger partial charge in [0.05, 0.1) is 18.2 Å². The molecule has 0 aromatic carbocycles. The first-order valence-corrected chi connectivity index (χ1v) is 10.8. The summed E-state index contributed by atoms with van der Waals surface area (Å²) in [5.74, 6) is 1.32. The lowest BCUT2D eigenvalue weighted by atomic mass is 9.62. The Bertz CT molecular complexity index is 742. The molecule has 1 aliphatic carbocycles. The number of hydrogen-bond donors (Lipinski definition) is 1. The molecule has 4 rings (SSSR count). The minimum atomic E-state index is -0.379. The van der Waals surface area contributed by atoms with Crippen LogP contribution in [0.25, 0.3) is 0 Å². The van der Waals surface area contributed by atoms with E-state index in [1.165, 1.54) is 5.82 Å². The molecule has 1 saturated carbocycles. The van der Waals surface area contributed by atoms with Crippen molar-refractivity contribution < 1.29 is 19.5 Å². The van der Waals surface area contributed by atoms with Gasteiger partial charge < -0.3 is 4.90 Å². The van der Waals surface area contributed by atoms with Gasteiger partial charge in [0.15, 0.2) is 0 Å². The summed E-state index contributed by atoms with van der Waals surface area (Å²) in [4.78, 5) is 34.9. The summed E-state index contributed by atoms with van der Waals surface area (Å²) in [6.07, 6.45) is 4.56. The molecule has 2 amide bonds. The lowest BCUT2D eigenvalue weighted by Crippen LogP contribution is -3.15. The van der Waals surface area contributed by atoms with Crippen LogP contribution in [0.3, 0.4) is 0 Å². The van der Waals surface area contributed by atoms with Gasteiger partial charge in [0, 0.05) is 24.9 Å². The Morgan fingerprint density at radius 2 is 1.93 bits per heavy atom. The molecule has 3 heterocycles. The topological polar surface area (TPSA) is 59.2 Å². The molecule has 3 aliphatic rings. The van der Waals surface area contributed by atoms with Gasteiger partial charge in [0.1, 0.15) is 26.2 Å². The Morgan fingerprint density at radius 1 is 1.18 bits per heavy atom. The molecule has 2 N–H and O–H groups in total. The number of nitrogens with one attached hydrogen (secondary N) is 2. The van der Waals surface area contributed by atoms with E-state index in [1.54, 1.807) is 9.80 Å². The van der Waals surface area contributed by atoms with E-state index in [1.807, 2.05) is 12.3 Å². The number of piperidine rings is 1. The molecule has 0 spiro atoms. The van der Waals surface area contributed by atoms with Gasteiger partial charge in [-0.3, -0.25) is 19.4 Å². The predicted octanol–water partition coefficient (Wildman–Crippen LogP) is 0.407. The number of hydrogen-bond acceptors (Lipinski definition) is 3. The standard InChI is InChI=1S/C22H32N4O2/c1-21(2)17-8-9-22(21,3)20(28)26(19(17)27)12-6-11-24-13-15-25(16-14-24)18-7-4-5-10-23-18/h4-5,7,10,17H,6,8-9,11-16H2,1-3H3/p+2/t17-,22-/m1/s1. The van der Waals surface area contributed by atoms with Crippen molar-refractivity contribution in [1.29, 1.82) is 0 Å². The Labute approximate surface area is 167 Å². The number of amides is 2. The third-order valence-electron chi connectivity index (χ3n) is 7.92. The van der Waals surface area contributed by atoms with Gasteiger partial charge in [-0.05, 0) is 24.3 Å². The third-order valence-corrected chi connectivity index (χ3v) is 7.92. The number of imide groups is 1. The van der Waals surface area contributed by atoms with Crippen LogP contribution in [0.5, 0.6) is 0 Å². The number of rotatable bonds is 5. The van der Waals surface area contributed by atoms with Crippen molar-refractivity contribution in [2.24, 2.45) is 16.7 Å². The van der Waals surface area contributed by atoms with Crippen LogP contribution < -0.4 is 14.8 Å². The molecule has 0 unspecified atom stereocenters. The summed E-state index contributed by atoms with van der Waals surface area (Å²) in [5.41, 5.74) is -0.593. The van der Waals surface area contributed by atoms with Gasteiger partial charge in [0.2, 0.25) is 11.8 Å². The number of nitrogens with zero attached hydrogens (tertiary/aromatic N) is 2. The first-order valence-electron chi connectivity index (χ1n) is 10.8. The van der Waals surface area contributed by atoms with Crippen LogP contribution in [0, 0.1) is 16.7 Å². The highest BCUT2D eigenvalue weighted by Gasteiger charge is 2.64. The van der Waals surface area contributed by atoms with Crippen LogP contribution in [0.1, 0.15) is 40.0 Å². The highest BCUT2D eigenvalue weighted by molar-refractivity contribution is 6.03. The number of aromatic nitrogens is 1. The number of piperazine rings is 1. The zero-order valence-electron chi connectivity index (χ0n) is 17.5. The summed E-state index contributed by atoms with van der Waals surface area (Å²) in [7, 11) is 0. The second-order valence-electron chi connectivity index (χ2n) is 9.53. The van der Waals surface area contributed by atoms with E-state index in [-0.39, 0.29) is 28.6 Å². The van der Waals surface area contributed by atoms with Gasteiger partial charge in [0.25, 0.3) is 5.82 Å². The maximum atomic E-state index is 13.1. The van der Waals surface area contributed by atoms with Crippen molar-refractivity contribution >= 4 is 17.6 Å². The zero-order valence-corrected chi connectivity index (χ0v) is 17.5. The number of likely N-dealkylation sites (tertiary alicyclic amines) is 1. The van der Waals surface area contributed by atoms with Crippen molar-refractivity contribution in [2.75, 3.05) is 44.2 Å². The number of carbonyl (C=O) groups is 2. The molecule has 152 valence electrons. The highest BCUT2D eigenvalue weighted by Crippen LogP contribution is 2.59. The van der Waals surface area contributed by atoms with E-state index in [2.05, 4.69) is 42.8 Å². The van der Waals surface area contributed by atoms with Crippen LogP contribution in [0.4, 0.5) is 5.82 Å². The zero-order chi connectivity index (χ0) is 19.9. The SMILES string of the molecule is CC1(C)[C@@H]2CC[C@]1(C)C(=O)N(CCC[NH+]1CCN(c3cccc[nH+]3)CC1)C2=O. The number of aromatic amines is 1. The number of pyridine rings is 1. The summed E-state index contributed by atoms with van der Waals surface area (Å²) in [5, 5.41) is 0. The van der Waals surface area contributed by atoms with Crippen molar-refractivity contribution in [3.63, 3.8) is 0 Å². The number of anilines is 1. The van der Waals surface area contributed by atoms with Crippen molar-refractivity contribution in [3.05, 3.63) is 24.4 Å². The van der Waals surface area contributed by atoms with Crippen molar-refractivity contribution in [3.8, 4) is 0 Å². The van der Waals surface area contributed by atoms with E-state index in [0.717, 1.165) is 52.0 Å².